The molecule has 3 aromatic rings. The van der Waals surface area contributed by atoms with Crippen molar-refractivity contribution < 1.29 is 24.0 Å². The first-order valence-electron chi connectivity index (χ1n) is 12.9. The van der Waals surface area contributed by atoms with E-state index in [1.807, 2.05) is 12.4 Å². The van der Waals surface area contributed by atoms with E-state index < -0.39 is 23.8 Å². The molecule has 1 N–H and O–H groups in total. The quantitative estimate of drug-likeness (QED) is 0.387. The van der Waals surface area contributed by atoms with Crippen LogP contribution in [0.4, 0.5) is 0 Å². The molecule has 3 aliphatic heterocycles. The minimum atomic E-state index is -0.898. The van der Waals surface area contributed by atoms with Gasteiger partial charge in [-0.25, -0.2) is 4.98 Å². The summed E-state index contributed by atoms with van der Waals surface area (Å²) in [5.74, 6) is -1.92. The summed E-state index contributed by atoms with van der Waals surface area (Å²) in [6.07, 6.45) is 3.52. The van der Waals surface area contributed by atoms with E-state index in [-0.39, 0.29) is 24.8 Å². The van der Waals surface area contributed by atoms with Gasteiger partial charge in [0.25, 0.3) is 11.8 Å². The molecule has 4 amide bonds. The summed E-state index contributed by atoms with van der Waals surface area (Å²) in [4.78, 5) is 67.0. The van der Waals surface area contributed by atoms with Crippen LogP contribution in [0.3, 0.4) is 0 Å². The van der Waals surface area contributed by atoms with E-state index in [4.69, 9.17) is 0 Å². The van der Waals surface area contributed by atoms with Gasteiger partial charge in [0.1, 0.15) is 12.3 Å². The second kappa shape index (κ2) is 11.4. The summed E-state index contributed by atoms with van der Waals surface area (Å²) < 4.78 is 0. The van der Waals surface area contributed by atoms with Crippen LogP contribution in [0.5, 0.6) is 0 Å². The zero-order chi connectivity index (χ0) is 27.5. The maximum absolute atomic E-state index is 12.2. The lowest BCUT2D eigenvalue weighted by Gasteiger charge is -2.27. The molecule has 2 fully saturated rings. The molecule has 9 nitrogen and oxygen atoms in total. The molecule has 6 rings (SSSR count). The van der Waals surface area contributed by atoms with Gasteiger partial charge in [-0.05, 0) is 56.0 Å². The minimum absolute atomic E-state index is 0.110. The van der Waals surface area contributed by atoms with Gasteiger partial charge in [-0.1, -0.05) is 36.4 Å². The molecule has 39 heavy (non-hydrogen) atoms. The number of benzene rings is 2. The maximum atomic E-state index is 12.2. The van der Waals surface area contributed by atoms with Crippen molar-refractivity contribution in [2.75, 3.05) is 6.54 Å². The number of aldehydes is 1. The molecule has 10 heteroatoms. The number of fused-ring (bicyclic) bond motifs is 1. The van der Waals surface area contributed by atoms with E-state index in [0.29, 0.717) is 11.1 Å². The van der Waals surface area contributed by atoms with Crippen molar-refractivity contribution in [1.29, 1.82) is 0 Å². The summed E-state index contributed by atoms with van der Waals surface area (Å²) in [6.45, 7) is 3.93. The SMILES string of the molecule is Cc1ncsc1-c1ccc(CN2CCCC2C=O)cc1.O=C1CCC(N2C(=O)c3ccccc3C2=O)C(=O)N1. The van der Waals surface area contributed by atoms with E-state index in [9.17, 15) is 24.0 Å². The van der Waals surface area contributed by atoms with Crippen LogP contribution >= 0.6 is 11.3 Å². The van der Waals surface area contributed by atoms with Gasteiger partial charge < -0.3 is 4.79 Å². The number of nitrogens with one attached hydrogen (secondary N) is 1. The Bertz CT molecular complexity index is 1400. The number of nitrogens with zero attached hydrogens (tertiary/aromatic N) is 3. The van der Waals surface area contributed by atoms with Crippen LogP contribution in [-0.4, -0.2) is 63.3 Å². The van der Waals surface area contributed by atoms with Crippen LogP contribution in [0.1, 0.15) is 57.7 Å². The van der Waals surface area contributed by atoms with Gasteiger partial charge in [0, 0.05) is 13.0 Å². The van der Waals surface area contributed by atoms with Gasteiger partial charge in [0.2, 0.25) is 11.8 Å². The van der Waals surface area contributed by atoms with Crippen molar-refractivity contribution in [3.63, 3.8) is 0 Å². The zero-order valence-electron chi connectivity index (χ0n) is 21.5. The number of hydrogen-bond donors (Lipinski definition) is 1. The molecule has 2 atom stereocenters. The highest BCUT2D eigenvalue weighted by Gasteiger charge is 2.44. The lowest BCUT2D eigenvalue weighted by atomic mass is 10.0. The number of piperidine rings is 1. The third-order valence-corrected chi connectivity index (χ3v) is 8.24. The summed E-state index contributed by atoms with van der Waals surface area (Å²) in [5.41, 5.74) is 6.07. The molecule has 2 aromatic carbocycles. The molecule has 0 radical (unpaired) electrons. The van der Waals surface area contributed by atoms with Crippen LogP contribution in [-0.2, 0) is 20.9 Å². The van der Waals surface area contributed by atoms with Crippen molar-refractivity contribution in [2.45, 2.75) is 51.2 Å². The van der Waals surface area contributed by atoms with E-state index >= 15 is 0 Å². The van der Waals surface area contributed by atoms with Gasteiger partial charge in [-0.2, -0.15) is 0 Å². The number of aromatic nitrogens is 1. The predicted octanol–water partition coefficient (Wildman–Crippen LogP) is 3.37. The van der Waals surface area contributed by atoms with Crippen LogP contribution < -0.4 is 5.32 Å². The number of imide groups is 2. The molecule has 1 aromatic heterocycles. The Labute approximate surface area is 229 Å². The number of aryl methyl sites for hydroxylation is 1. The first-order valence-corrected chi connectivity index (χ1v) is 13.7. The molecule has 0 aliphatic carbocycles. The molecule has 0 spiro atoms. The van der Waals surface area contributed by atoms with Gasteiger partial charge in [-0.3, -0.25) is 34.3 Å². The average molecular weight is 545 g/mol. The van der Waals surface area contributed by atoms with Crippen LogP contribution in [0.25, 0.3) is 10.4 Å². The second-order valence-electron chi connectivity index (χ2n) is 9.77. The molecule has 0 bridgehead atoms. The average Bonchev–Trinajstić information content (AvgIpc) is 3.64. The number of carbonyl (C=O) groups excluding carboxylic acids is 5. The lowest BCUT2D eigenvalue weighted by molar-refractivity contribution is -0.136. The second-order valence-corrected chi connectivity index (χ2v) is 10.6. The van der Waals surface area contributed by atoms with Crippen molar-refractivity contribution in [2.24, 2.45) is 0 Å². The number of rotatable bonds is 5. The first kappa shape index (κ1) is 26.6. The van der Waals surface area contributed by atoms with E-state index in [0.717, 1.165) is 42.8 Å². The molecule has 2 saturated heterocycles. The Morgan fingerprint density at radius 3 is 2.28 bits per heavy atom. The topological polar surface area (TPSA) is 117 Å². The predicted molar refractivity (Wildman–Crippen MR) is 145 cm³/mol. The third-order valence-electron chi connectivity index (χ3n) is 7.27. The Morgan fingerprint density at radius 1 is 1.00 bits per heavy atom. The van der Waals surface area contributed by atoms with Gasteiger partial charge in [0.05, 0.1) is 33.3 Å². The fourth-order valence-corrected chi connectivity index (χ4v) is 6.01. The molecular formula is C29H28N4O5S. The largest absolute Gasteiger partial charge is 0.302 e. The lowest BCUT2D eigenvalue weighted by Crippen LogP contribution is -2.54. The number of hydrogen-bond acceptors (Lipinski definition) is 8. The number of carbonyl (C=O) groups is 5. The van der Waals surface area contributed by atoms with Crippen molar-refractivity contribution in [1.82, 2.24) is 20.1 Å². The van der Waals surface area contributed by atoms with Gasteiger partial charge in [-0.15, -0.1) is 11.3 Å². The van der Waals surface area contributed by atoms with Crippen molar-refractivity contribution in [3.8, 4) is 10.4 Å². The Kier molecular flexibility index (Phi) is 7.76. The van der Waals surface area contributed by atoms with Crippen LogP contribution in [0.2, 0.25) is 0 Å². The minimum Gasteiger partial charge on any atom is -0.302 e. The molecule has 4 heterocycles. The molecule has 3 aliphatic rings. The van der Waals surface area contributed by atoms with E-state index in [1.165, 1.54) is 16.0 Å². The smallest absolute Gasteiger partial charge is 0.262 e. The Hall–Kier alpha value is -4.02. The highest BCUT2D eigenvalue weighted by molar-refractivity contribution is 7.13. The number of likely N-dealkylation sites (tertiary alicyclic amines) is 1. The third kappa shape index (κ3) is 5.43. The highest BCUT2D eigenvalue weighted by Crippen LogP contribution is 2.29. The van der Waals surface area contributed by atoms with Crippen molar-refractivity contribution >= 4 is 41.3 Å². The number of amides is 4. The van der Waals surface area contributed by atoms with Crippen molar-refractivity contribution in [3.05, 3.63) is 76.4 Å². The summed E-state index contributed by atoms with van der Waals surface area (Å²) in [7, 11) is 0. The van der Waals surface area contributed by atoms with Gasteiger partial charge in [0.15, 0.2) is 0 Å². The summed E-state index contributed by atoms with van der Waals surface area (Å²) in [5, 5.41) is 2.15. The fraction of sp³-hybridized carbons (Fsp3) is 0.310. The molecular weight excluding hydrogens is 516 g/mol. The summed E-state index contributed by atoms with van der Waals surface area (Å²) >= 11 is 1.68. The maximum Gasteiger partial charge on any atom is 0.262 e. The number of thiazole rings is 1. The summed E-state index contributed by atoms with van der Waals surface area (Å²) in [6, 6.07) is 14.3. The fourth-order valence-electron chi connectivity index (χ4n) is 5.20. The normalized spacial score (nSPS) is 20.9. The van der Waals surface area contributed by atoms with E-state index in [1.54, 1.807) is 35.6 Å². The Balaban J connectivity index is 0.000000158. The monoisotopic (exact) mass is 544 g/mol. The zero-order valence-corrected chi connectivity index (χ0v) is 22.3. The van der Waals surface area contributed by atoms with E-state index in [2.05, 4.69) is 39.5 Å². The van der Waals surface area contributed by atoms with Crippen LogP contribution in [0.15, 0.2) is 54.0 Å². The standard InChI is InChI=1S/C16H18N2OS.C13H10N2O4/c1-12-16(20-11-17-12)14-6-4-13(5-7-14)9-18-8-2-3-15(18)10-19;16-10-6-5-9(11(17)14-10)15-12(18)7-3-1-2-4-8(7)13(15)19/h4-7,10-11,15H,2-3,8-9H2,1H3;1-4,9H,5-6H2,(H,14,16,17). The highest BCUT2D eigenvalue weighted by atomic mass is 32.1. The Morgan fingerprint density at radius 2 is 1.69 bits per heavy atom. The van der Waals surface area contributed by atoms with Gasteiger partial charge >= 0.3 is 0 Å². The first-order chi connectivity index (χ1) is 18.9. The molecule has 0 saturated carbocycles. The molecule has 2 unspecified atom stereocenters. The molecule has 200 valence electrons. The van der Waals surface area contributed by atoms with Crippen LogP contribution in [0, 0.1) is 6.92 Å².